The van der Waals surface area contributed by atoms with Crippen molar-refractivity contribution in [2.75, 3.05) is 4.90 Å². The minimum Gasteiger partial charge on any atom is -0.435 e. The molecule has 0 radical (unpaired) electrons. The molecule has 53 heavy (non-hydrogen) atoms. The van der Waals surface area contributed by atoms with Crippen LogP contribution < -0.4 is 4.90 Å². The summed E-state index contributed by atoms with van der Waals surface area (Å²) in [6, 6.07) is 64.9. The van der Waals surface area contributed by atoms with Crippen molar-refractivity contribution in [2.24, 2.45) is 0 Å². The first-order chi connectivity index (χ1) is 26.0. The van der Waals surface area contributed by atoms with Crippen molar-refractivity contribution in [2.45, 2.75) is 19.3 Å². The predicted octanol–water partition coefficient (Wildman–Crippen LogP) is 13.8. The Balaban J connectivity index is 1.13. The zero-order valence-corrected chi connectivity index (χ0v) is 29.6. The molecule has 1 aliphatic rings. The molecule has 0 N–H and O–H groups in total. The molecule has 0 amide bonds. The van der Waals surface area contributed by atoms with Crippen LogP contribution in [0.5, 0.6) is 0 Å². The van der Waals surface area contributed by atoms with Crippen LogP contribution in [0, 0.1) is 0 Å². The van der Waals surface area contributed by atoms with Crippen LogP contribution in [0.4, 0.5) is 17.1 Å². The van der Waals surface area contributed by atoms with Crippen molar-refractivity contribution in [3.05, 3.63) is 193 Å². The SMILES string of the molecule is CC1(C)c2ccccc2-c2cc(N(c3ccc(-c4cc5ccccc5c5oc(-c6ccccc6)nc45)cc3)c3cccc(-c4ccccc4)c3)ccc21. The minimum atomic E-state index is -0.0587. The zero-order chi connectivity index (χ0) is 35.5. The molecule has 0 bridgehead atoms. The Labute approximate surface area is 309 Å². The molecule has 1 aromatic heterocycles. The molecule has 8 aromatic carbocycles. The summed E-state index contributed by atoms with van der Waals surface area (Å²) < 4.78 is 6.51. The van der Waals surface area contributed by atoms with Crippen LogP contribution in [-0.4, -0.2) is 4.98 Å². The van der Waals surface area contributed by atoms with Crippen LogP contribution in [0.3, 0.4) is 0 Å². The fourth-order valence-electron chi connectivity index (χ4n) is 8.20. The van der Waals surface area contributed by atoms with Crippen LogP contribution >= 0.6 is 0 Å². The fourth-order valence-corrected chi connectivity index (χ4v) is 8.20. The first-order valence-electron chi connectivity index (χ1n) is 18.2. The Morgan fingerprint density at radius 3 is 1.91 bits per heavy atom. The Morgan fingerprint density at radius 1 is 0.453 bits per heavy atom. The molecule has 10 rings (SSSR count). The lowest BCUT2D eigenvalue weighted by molar-refractivity contribution is 0.623. The number of benzene rings is 8. The van der Waals surface area contributed by atoms with Crippen LogP contribution in [0.1, 0.15) is 25.0 Å². The molecule has 0 spiro atoms. The highest BCUT2D eigenvalue weighted by Crippen LogP contribution is 2.51. The molecule has 252 valence electrons. The fraction of sp³-hybridized carbons (Fsp3) is 0.0600. The first-order valence-corrected chi connectivity index (χ1v) is 18.2. The summed E-state index contributed by atoms with van der Waals surface area (Å²) in [5.41, 5.74) is 15.7. The van der Waals surface area contributed by atoms with E-state index in [1.54, 1.807) is 0 Å². The van der Waals surface area contributed by atoms with Crippen molar-refractivity contribution in [1.82, 2.24) is 4.98 Å². The van der Waals surface area contributed by atoms with Gasteiger partial charge in [0.05, 0.1) is 0 Å². The normalized spacial score (nSPS) is 12.9. The second kappa shape index (κ2) is 12.2. The Kier molecular flexibility index (Phi) is 7.16. The number of hydrogen-bond donors (Lipinski definition) is 0. The summed E-state index contributed by atoms with van der Waals surface area (Å²) in [4.78, 5) is 7.47. The smallest absolute Gasteiger partial charge is 0.227 e. The van der Waals surface area contributed by atoms with Crippen molar-refractivity contribution in [1.29, 1.82) is 0 Å². The van der Waals surface area contributed by atoms with Crippen molar-refractivity contribution in [3.63, 3.8) is 0 Å². The van der Waals surface area contributed by atoms with Gasteiger partial charge >= 0.3 is 0 Å². The largest absolute Gasteiger partial charge is 0.435 e. The number of aromatic nitrogens is 1. The number of fused-ring (bicyclic) bond motifs is 6. The molecule has 0 saturated carbocycles. The van der Waals surface area contributed by atoms with Crippen molar-refractivity contribution < 1.29 is 4.42 Å². The average Bonchev–Trinajstić information content (AvgIpc) is 3.76. The molecule has 1 heterocycles. The number of hydrogen-bond acceptors (Lipinski definition) is 3. The van der Waals surface area contributed by atoms with Gasteiger partial charge in [0.2, 0.25) is 5.89 Å². The Morgan fingerprint density at radius 2 is 1.09 bits per heavy atom. The molecule has 0 aliphatic heterocycles. The summed E-state index contributed by atoms with van der Waals surface area (Å²) >= 11 is 0. The van der Waals surface area contributed by atoms with Gasteiger partial charge < -0.3 is 9.32 Å². The van der Waals surface area contributed by atoms with Gasteiger partial charge in [0.25, 0.3) is 0 Å². The van der Waals surface area contributed by atoms with E-state index in [0.717, 1.165) is 55.6 Å². The van der Waals surface area contributed by atoms with E-state index in [9.17, 15) is 0 Å². The van der Waals surface area contributed by atoms with E-state index < -0.39 is 0 Å². The van der Waals surface area contributed by atoms with E-state index in [1.165, 1.54) is 33.4 Å². The van der Waals surface area contributed by atoms with E-state index in [-0.39, 0.29) is 5.41 Å². The van der Waals surface area contributed by atoms with Gasteiger partial charge in [-0.1, -0.05) is 141 Å². The molecule has 1 aliphatic carbocycles. The Hall–Kier alpha value is -6.71. The maximum Gasteiger partial charge on any atom is 0.227 e. The molecule has 3 heteroatoms. The third kappa shape index (κ3) is 5.16. The lowest BCUT2D eigenvalue weighted by atomic mass is 9.82. The second-order valence-electron chi connectivity index (χ2n) is 14.4. The van der Waals surface area contributed by atoms with Gasteiger partial charge in [-0.25, -0.2) is 4.98 Å². The highest BCUT2D eigenvalue weighted by molar-refractivity contribution is 6.10. The molecule has 9 aromatic rings. The summed E-state index contributed by atoms with van der Waals surface area (Å²) in [5.74, 6) is 0.626. The summed E-state index contributed by atoms with van der Waals surface area (Å²) in [5, 5.41) is 2.18. The average molecular weight is 681 g/mol. The van der Waals surface area contributed by atoms with E-state index in [4.69, 9.17) is 9.40 Å². The molecule has 0 saturated heterocycles. The predicted molar refractivity (Wildman–Crippen MR) is 220 cm³/mol. The standard InChI is InChI=1S/C50H36N2O/c1-50(2)45-23-12-11-22-42(45)44-32-40(28-29-46(44)50)52(39-20-13-19-36(30-39)33-14-5-3-6-15-33)38-26-24-34(25-27-38)43-31-37-18-9-10-21-41(37)48-47(43)51-49(53-48)35-16-7-4-8-17-35/h3-32H,1-2H3. The Bertz CT molecular complexity index is 2800. The van der Waals surface area contributed by atoms with E-state index in [1.807, 2.05) is 30.3 Å². The van der Waals surface area contributed by atoms with Crippen molar-refractivity contribution in [3.8, 4) is 44.8 Å². The number of nitrogens with zero attached hydrogens (tertiary/aromatic N) is 2. The van der Waals surface area contributed by atoms with Gasteiger partial charge in [0.15, 0.2) is 5.58 Å². The molecule has 0 fully saturated rings. The maximum absolute atomic E-state index is 6.51. The van der Waals surface area contributed by atoms with Crippen LogP contribution in [0.25, 0.3) is 66.7 Å². The zero-order valence-electron chi connectivity index (χ0n) is 29.6. The highest BCUT2D eigenvalue weighted by atomic mass is 16.3. The number of anilines is 3. The summed E-state index contributed by atoms with van der Waals surface area (Å²) in [6.07, 6.45) is 0. The molecule has 0 unspecified atom stereocenters. The lowest BCUT2D eigenvalue weighted by Gasteiger charge is -2.28. The highest BCUT2D eigenvalue weighted by Gasteiger charge is 2.35. The second-order valence-corrected chi connectivity index (χ2v) is 14.4. The van der Waals surface area contributed by atoms with E-state index >= 15 is 0 Å². The third-order valence-electron chi connectivity index (χ3n) is 10.9. The van der Waals surface area contributed by atoms with E-state index in [0.29, 0.717) is 5.89 Å². The summed E-state index contributed by atoms with van der Waals surface area (Å²) in [6.45, 7) is 4.66. The minimum absolute atomic E-state index is 0.0587. The molecule has 0 atom stereocenters. The molecule has 3 nitrogen and oxygen atoms in total. The van der Waals surface area contributed by atoms with E-state index in [2.05, 4.69) is 170 Å². The number of rotatable bonds is 6. The molecular formula is C50H36N2O. The summed E-state index contributed by atoms with van der Waals surface area (Å²) in [7, 11) is 0. The molecular weight excluding hydrogens is 645 g/mol. The third-order valence-corrected chi connectivity index (χ3v) is 10.9. The number of oxazole rings is 1. The van der Waals surface area contributed by atoms with Gasteiger partial charge in [-0.2, -0.15) is 0 Å². The monoisotopic (exact) mass is 680 g/mol. The van der Waals surface area contributed by atoms with Gasteiger partial charge in [-0.15, -0.1) is 0 Å². The van der Waals surface area contributed by atoms with Crippen LogP contribution in [-0.2, 0) is 5.41 Å². The van der Waals surface area contributed by atoms with Gasteiger partial charge in [-0.3, -0.25) is 0 Å². The first kappa shape index (κ1) is 31.1. The van der Waals surface area contributed by atoms with Gasteiger partial charge in [0, 0.05) is 39.0 Å². The topological polar surface area (TPSA) is 29.3 Å². The van der Waals surface area contributed by atoms with Crippen LogP contribution in [0.15, 0.2) is 186 Å². The maximum atomic E-state index is 6.51. The van der Waals surface area contributed by atoms with Gasteiger partial charge in [0.1, 0.15) is 5.52 Å². The van der Waals surface area contributed by atoms with Gasteiger partial charge in [-0.05, 0) is 98.9 Å². The lowest BCUT2D eigenvalue weighted by Crippen LogP contribution is -2.15. The quantitative estimate of drug-likeness (QED) is 0.175. The van der Waals surface area contributed by atoms with Crippen LogP contribution in [0.2, 0.25) is 0 Å². The van der Waals surface area contributed by atoms with Crippen molar-refractivity contribution >= 4 is 38.9 Å².